The minimum absolute atomic E-state index is 0.177. The fourth-order valence-electron chi connectivity index (χ4n) is 2.30. The summed E-state index contributed by atoms with van der Waals surface area (Å²) in [4.78, 5) is 25.0. The number of hydrogen-bond acceptors (Lipinski definition) is 3. The molecule has 1 heterocycles. The molecule has 0 saturated carbocycles. The molecule has 0 radical (unpaired) electrons. The first-order valence-corrected chi connectivity index (χ1v) is 7.50. The van der Waals surface area contributed by atoms with Gasteiger partial charge in [0.05, 0.1) is 17.8 Å². The number of rotatable bonds is 2. The molecular formula is C15H14N2O2P-. The van der Waals surface area contributed by atoms with Gasteiger partial charge in [-0.05, 0) is 17.7 Å². The van der Waals surface area contributed by atoms with Crippen molar-refractivity contribution in [1.29, 1.82) is 0 Å². The lowest BCUT2D eigenvalue weighted by atomic mass is 10.1. The third-order valence-electron chi connectivity index (χ3n) is 3.36. The maximum atomic E-state index is 12.5. The maximum absolute atomic E-state index is 12.5. The Labute approximate surface area is 119 Å². The zero-order valence-electron chi connectivity index (χ0n) is 11.1. The number of nitrogens with zero attached hydrogens (tertiary/aromatic N) is 2. The lowest BCUT2D eigenvalue weighted by Gasteiger charge is -2.47. The monoisotopic (exact) mass is 285 g/mol. The topological polar surface area (TPSA) is 46.6 Å². The second kappa shape index (κ2) is 5.23. The highest BCUT2D eigenvalue weighted by Crippen LogP contribution is 2.46. The summed E-state index contributed by atoms with van der Waals surface area (Å²) in [6, 6.07) is 16.9. The third kappa shape index (κ3) is 2.17. The van der Waals surface area contributed by atoms with Crippen LogP contribution >= 0.6 is 8.45 Å². The molecule has 0 N–H and O–H groups in total. The predicted molar refractivity (Wildman–Crippen MR) is 78.1 cm³/mol. The molecule has 0 fully saturated rings. The molecule has 1 unspecified atom stereocenters. The summed E-state index contributed by atoms with van der Waals surface area (Å²) >= 11 is 0. The summed E-state index contributed by atoms with van der Waals surface area (Å²) in [6.45, 7) is 0.355. The molecule has 20 heavy (non-hydrogen) atoms. The molecule has 2 aromatic carbocycles. The van der Waals surface area contributed by atoms with E-state index < -0.39 is 8.45 Å². The Morgan fingerprint density at radius 3 is 2.45 bits per heavy atom. The number of benzene rings is 2. The summed E-state index contributed by atoms with van der Waals surface area (Å²) in [5.41, 5.74) is 2.29. The minimum atomic E-state index is -1.90. The van der Waals surface area contributed by atoms with Crippen LogP contribution in [0.2, 0.25) is 0 Å². The van der Waals surface area contributed by atoms with E-state index in [1.165, 1.54) is 4.67 Å². The molecular weight excluding hydrogens is 271 g/mol. The van der Waals surface area contributed by atoms with E-state index in [1.807, 2.05) is 48.5 Å². The second-order valence-electron chi connectivity index (χ2n) is 4.64. The molecule has 2 aromatic rings. The fraction of sp³-hybridized carbons (Fsp3) is 0.133. The molecule has 4 nitrogen and oxygen atoms in total. The van der Waals surface area contributed by atoms with Gasteiger partial charge in [-0.25, -0.2) is 0 Å². The van der Waals surface area contributed by atoms with Crippen LogP contribution in [-0.4, -0.2) is 17.6 Å². The van der Waals surface area contributed by atoms with Crippen LogP contribution in [0.3, 0.4) is 0 Å². The highest BCUT2D eigenvalue weighted by molar-refractivity contribution is 7.50. The summed E-state index contributed by atoms with van der Waals surface area (Å²) in [7, 11) is -0.147. The molecule has 1 aliphatic rings. The first kappa shape index (κ1) is 13.1. The first-order valence-electron chi connectivity index (χ1n) is 6.34. The van der Waals surface area contributed by atoms with Crippen molar-refractivity contribution in [1.82, 2.24) is 4.67 Å². The van der Waals surface area contributed by atoms with Crippen molar-refractivity contribution in [3.63, 3.8) is 0 Å². The molecule has 0 saturated heterocycles. The van der Waals surface area contributed by atoms with Crippen LogP contribution in [0.4, 0.5) is 5.69 Å². The molecule has 0 aliphatic carbocycles. The van der Waals surface area contributed by atoms with Gasteiger partial charge in [0.25, 0.3) is 5.91 Å². The van der Waals surface area contributed by atoms with Gasteiger partial charge in [0.1, 0.15) is 0 Å². The number of fused-ring (bicyclic) bond motifs is 1. The Hall–Kier alpha value is -1.90. The van der Waals surface area contributed by atoms with Crippen LogP contribution in [0, 0.1) is 0 Å². The van der Waals surface area contributed by atoms with Crippen molar-refractivity contribution in [2.45, 2.75) is 6.54 Å². The van der Waals surface area contributed by atoms with Crippen LogP contribution in [0.5, 0.6) is 0 Å². The summed E-state index contributed by atoms with van der Waals surface area (Å²) in [6.07, 6.45) is 0. The van der Waals surface area contributed by atoms with Crippen LogP contribution < -0.4 is 9.56 Å². The zero-order chi connectivity index (χ0) is 14.1. The van der Waals surface area contributed by atoms with Crippen LogP contribution in [0.1, 0.15) is 15.9 Å². The molecule has 3 rings (SSSR count). The minimum Gasteiger partial charge on any atom is -0.796 e. The number of para-hydroxylation sites is 1. The van der Waals surface area contributed by atoms with E-state index in [-0.39, 0.29) is 5.91 Å². The molecule has 0 spiro atoms. The highest BCUT2D eigenvalue weighted by Gasteiger charge is 2.29. The van der Waals surface area contributed by atoms with Crippen molar-refractivity contribution in [2.24, 2.45) is 0 Å². The summed E-state index contributed by atoms with van der Waals surface area (Å²) < 4.78 is 3.09. The van der Waals surface area contributed by atoms with Crippen molar-refractivity contribution < 1.29 is 9.69 Å². The maximum Gasteiger partial charge on any atom is 0.259 e. The Morgan fingerprint density at radius 2 is 1.70 bits per heavy atom. The lowest BCUT2D eigenvalue weighted by Crippen LogP contribution is -2.40. The Balaban J connectivity index is 1.95. The average Bonchev–Trinajstić information content (AvgIpc) is 2.50. The summed E-state index contributed by atoms with van der Waals surface area (Å²) in [5.74, 6) is -0.177. The van der Waals surface area contributed by atoms with Gasteiger partial charge in [-0.2, -0.15) is 0 Å². The molecule has 5 heteroatoms. The van der Waals surface area contributed by atoms with E-state index in [1.54, 1.807) is 17.8 Å². The van der Waals surface area contributed by atoms with Gasteiger partial charge in [0.15, 0.2) is 0 Å². The van der Waals surface area contributed by atoms with Gasteiger partial charge in [0, 0.05) is 15.5 Å². The van der Waals surface area contributed by atoms with Crippen molar-refractivity contribution in [3.8, 4) is 0 Å². The Bertz CT molecular complexity index is 633. The summed E-state index contributed by atoms with van der Waals surface area (Å²) in [5, 5.41) is 0. The lowest BCUT2D eigenvalue weighted by molar-refractivity contribution is -0.169. The number of amides is 1. The van der Waals surface area contributed by atoms with Gasteiger partial charge < -0.3 is 14.2 Å². The van der Waals surface area contributed by atoms with Gasteiger partial charge in [0.2, 0.25) is 0 Å². The zero-order valence-corrected chi connectivity index (χ0v) is 12.0. The molecule has 0 bridgehead atoms. The Morgan fingerprint density at radius 1 is 1.05 bits per heavy atom. The highest BCUT2D eigenvalue weighted by atomic mass is 31.2. The van der Waals surface area contributed by atoms with Gasteiger partial charge >= 0.3 is 0 Å². The first-order chi connectivity index (χ1) is 9.68. The van der Waals surface area contributed by atoms with Crippen molar-refractivity contribution in [2.75, 3.05) is 11.7 Å². The van der Waals surface area contributed by atoms with Crippen molar-refractivity contribution >= 4 is 20.0 Å². The average molecular weight is 285 g/mol. The SMILES string of the molecule is CN1c2ccccc2C(=O)N(Cc2ccccc2)P1[O-]. The standard InChI is InChI=1S/C15H14N2O2P/c1-16-14-10-6-5-9-13(14)15(18)17(20(16)19)11-12-7-3-2-4-8-12/h2-10H,11H2,1H3/q-1. The molecule has 1 amide bonds. The molecule has 0 aromatic heterocycles. The second-order valence-corrected chi connectivity index (χ2v) is 6.23. The van der Waals surface area contributed by atoms with E-state index in [0.717, 1.165) is 11.3 Å². The molecule has 1 atom stereocenters. The van der Waals surface area contributed by atoms with E-state index >= 15 is 0 Å². The van der Waals surface area contributed by atoms with Gasteiger partial charge in [-0.1, -0.05) is 42.5 Å². The smallest absolute Gasteiger partial charge is 0.259 e. The fourth-order valence-corrected chi connectivity index (χ4v) is 3.53. The van der Waals surface area contributed by atoms with E-state index in [4.69, 9.17) is 0 Å². The third-order valence-corrected chi connectivity index (χ3v) is 4.82. The quantitative estimate of drug-likeness (QED) is 0.796. The predicted octanol–water partition coefficient (Wildman–Crippen LogP) is 2.37. The van der Waals surface area contributed by atoms with Crippen LogP contribution in [0.15, 0.2) is 54.6 Å². The normalized spacial score (nSPS) is 18.1. The number of anilines is 1. The number of carbonyl (C=O) groups excluding carboxylic acids is 1. The van der Waals surface area contributed by atoms with E-state index in [2.05, 4.69) is 0 Å². The van der Waals surface area contributed by atoms with Gasteiger partial charge in [-0.15, -0.1) is 0 Å². The van der Waals surface area contributed by atoms with Gasteiger partial charge in [-0.3, -0.25) is 4.79 Å². The number of carbonyl (C=O) groups is 1. The Kier molecular flexibility index (Phi) is 3.43. The van der Waals surface area contributed by atoms with E-state index in [0.29, 0.717) is 12.1 Å². The van der Waals surface area contributed by atoms with E-state index in [9.17, 15) is 9.69 Å². The van der Waals surface area contributed by atoms with Crippen molar-refractivity contribution in [3.05, 3.63) is 65.7 Å². The molecule has 1 aliphatic heterocycles. The van der Waals surface area contributed by atoms with Crippen LogP contribution in [-0.2, 0) is 6.54 Å². The largest absolute Gasteiger partial charge is 0.796 e. The van der Waals surface area contributed by atoms with Crippen LogP contribution in [0.25, 0.3) is 0 Å². The number of hydrogen-bond donors (Lipinski definition) is 0. The molecule has 102 valence electrons.